The van der Waals surface area contributed by atoms with Gasteiger partial charge in [0.2, 0.25) is 0 Å². The predicted octanol–water partition coefficient (Wildman–Crippen LogP) is 1.93. The van der Waals surface area contributed by atoms with E-state index in [0.717, 1.165) is 18.5 Å². The van der Waals surface area contributed by atoms with E-state index in [-0.39, 0.29) is 11.4 Å². The molecule has 6 heteroatoms. The number of rotatable bonds is 7. The highest BCUT2D eigenvalue weighted by Crippen LogP contribution is 2.38. The molecule has 1 aliphatic rings. The van der Waals surface area contributed by atoms with Gasteiger partial charge in [0, 0.05) is 6.54 Å². The van der Waals surface area contributed by atoms with Gasteiger partial charge in [-0.3, -0.25) is 9.59 Å². The molecule has 0 aromatic heterocycles. The second-order valence-corrected chi connectivity index (χ2v) is 6.15. The van der Waals surface area contributed by atoms with E-state index in [1.807, 2.05) is 31.1 Å². The number of Topliss-reactive ketones (excluding diaryl/α,β-unsaturated/α-hetero) is 1. The Bertz CT molecular complexity index is 649. The summed E-state index contributed by atoms with van der Waals surface area (Å²) in [4.78, 5) is 28.0. The standard InChI is InChI=1S/C18H24N2O4/c1-12(21)15-16(13-6-8-14(24-4)9-7-13)20(18(23)17(15)22)11-5-10-19(2)3/h6-9,16,22H,5,10-11H2,1-4H3. The summed E-state index contributed by atoms with van der Waals surface area (Å²) >= 11 is 0. The van der Waals surface area contributed by atoms with Crippen molar-refractivity contribution in [2.24, 2.45) is 0 Å². The van der Waals surface area contributed by atoms with Crippen LogP contribution in [0.15, 0.2) is 35.6 Å². The van der Waals surface area contributed by atoms with Crippen molar-refractivity contribution in [2.45, 2.75) is 19.4 Å². The second kappa shape index (κ2) is 7.49. The summed E-state index contributed by atoms with van der Waals surface area (Å²) in [5.41, 5.74) is 0.943. The Morgan fingerprint density at radius 2 is 1.92 bits per heavy atom. The molecule has 0 saturated carbocycles. The molecule has 0 fully saturated rings. The molecule has 0 spiro atoms. The van der Waals surface area contributed by atoms with Gasteiger partial charge in [0.05, 0.1) is 18.7 Å². The molecule has 2 rings (SSSR count). The SMILES string of the molecule is COc1ccc(C2C(C(C)=O)=C(O)C(=O)N2CCCN(C)C)cc1. The first-order valence-corrected chi connectivity index (χ1v) is 7.90. The van der Waals surface area contributed by atoms with Gasteiger partial charge >= 0.3 is 0 Å². The van der Waals surface area contributed by atoms with E-state index in [0.29, 0.717) is 12.3 Å². The molecule has 0 saturated heterocycles. The minimum Gasteiger partial charge on any atom is -0.503 e. The van der Waals surface area contributed by atoms with Crippen LogP contribution < -0.4 is 4.74 Å². The molecule has 1 N–H and O–H groups in total. The molecule has 1 heterocycles. The van der Waals surface area contributed by atoms with Crippen molar-refractivity contribution in [1.82, 2.24) is 9.80 Å². The fourth-order valence-corrected chi connectivity index (χ4v) is 2.93. The summed E-state index contributed by atoms with van der Waals surface area (Å²) in [5.74, 6) is -0.524. The van der Waals surface area contributed by atoms with Gasteiger partial charge in [-0.25, -0.2) is 0 Å². The topological polar surface area (TPSA) is 70.1 Å². The molecule has 6 nitrogen and oxygen atoms in total. The van der Waals surface area contributed by atoms with Crippen LogP contribution in [0.2, 0.25) is 0 Å². The first-order chi connectivity index (χ1) is 11.4. The summed E-state index contributed by atoms with van der Waals surface area (Å²) in [6.07, 6.45) is 0.754. The number of nitrogens with zero attached hydrogens (tertiary/aromatic N) is 2. The third kappa shape index (κ3) is 3.59. The largest absolute Gasteiger partial charge is 0.503 e. The number of methoxy groups -OCH3 is 1. The Balaban J connectivity index is 2.34. The number of hydrogen-bond donors (Lipinski definition) is 1. The van der Waals surface area contributed by atoms with Gasteiger partial charge in [-0.1, -0.05) is 12.1 Å². The van der Waals surface area contributed by atoms with Crippen molar-refractivity contribution < 1.29 is 19.4 Å². The minimum absolute atomic E-state index is 0.162. The van der Waals surface area contributed by atoms with Gasteiger partial charge in [-0.15, -0.1) is 0 Å². The first-order valence-electron chi connectivity index (χ1n) is 7.90. The molecule has 0 aliphatic carbocycles. The maximum absolute atomic E-state index is 12.4. The molecule has 1 unspecified atom stereocenters. The van der Waals surface area contributed by atoms with Crippen LogP contribution in [0.5, 0.6) is 5.75 Å². The van der Waals surface area contributed by atoms with Crippen molar-refractivity contribution in [3.63, 3.8) is 0 Å². The molecule has 130 valence electrons. The van der Waals surface area contributed by atoms with Crippen LogP contribution in [0.25, 0.3) is 0 Å². The maximum atomic E-state index is 12.4. The zero-order valence-corrected chi connectivity index (χ0v) is 14.6. The van der Waals surface area contributed by atoms with Crippen molar-refractivity contribution in [3.05, 3.63) is 41.2 Å². The molecule has 1 aliphatic heterocycles. The van der Waals surface area contributed by atoms with Crippen molar-refractivity contribution in [3.8, 4) is 5.75 Å². The zero-order valence-electron chi connectivity index (χ0n) is 14.6. The van der Waals surface area contributed by atoms with Gasteiger partial charge in [0.15, 0.2) is 11.5 Å². The Morgan fingerprint density at radius 3 is 2.42 bits per heavy atom. The zero-order chi connectivity index (χ0) is 17.9. The number of carbonyl (C=O) groups is 2. The van der Waals surface area contributed by atoms with E-state index < -0.39 is 17.7 Å². The average molecular weight is 332 g/mol. The highest BCUT2D eigenvalue weighted by atomic mass is 16.5. The van der Waals surface area contributed by atoms with E-state index in [1.165, 1.54) is 6.92 Å². The number of amides is 1. The fraction of sp³-hybridized carbons (Fsp3) is 0.444. The lowest BCUT2D eigenvalue weighted by atomic mass is 9.96. The van der Waals surface area contributed by atoms with E-state index in [9.17, 15) is 14.7 Å². The summed E-state index contributed by atoms with van der Waals surface area (Å²) in [6.45, 7) is 2.66. The molecular weight excluding hydrogens is 308 g/mol. The van der Waals surface area contributed by atoms with Crippen LogP contribution in [0.4, 0.5) is 0 Å². The Morgan fingerprint density at radius 1 is 1.29 bits per heavy atom. The highest BCUT2D eigenvalue weighted by molar-refractivity contribution is 6.08. The highest BCUT2D eigenvalue weighted by Gasteiger charge is 2.41. The number of hydrogen-bond acceptors (Lipinski definition) is 5. The number of aliphatic hydroxyl groups is 1. The molecule has 0 bridgehead atoms. The third-order valence-electron chi connectivity index (χ3n) is 4.12. The lowest BCUT2D eigenvalue weighted by molar-refractivity contribution is -0.129. The maximum Gasteiger partial charge on any atom is 0.290 e. The molecule has 1 amide bonds. The van der Waals surface area contributed by atoms with Crippen LogP contribution in [0.1, 0.15) is 24.9 Å². The summed E-state index contributed by atoms with van der Waals surface area (Å²) in [6, 6.07) is 6.65. The summed E-state index contributed by atoms with van der Waals surface area (Å²) < 4.78 is 5.15. The molecule has 24 heavy (non-hydrogen) atoms. The van der Waals surface area contributed by atoms with Crippen molar-refractivity contribution in [2.75, 3.05) is 34.3 Å². The predicted molar refractivity (Wildman–Crippen MR) is 91.0 cm³/mol. The average Bonchev–Trinajstić information content (AvgIpc) is 2.79. The smallest absolute Gasteiger partial charge is 0.290 e. The lowest BCUT2D eigenvalue weighted by Crippen LogP contribution is -2.33. The van der Waals surface area contributed by atoms with E-state index in [1.54, 1.807) is 24.1 Å². The number of ether oxygens (including phenoxy) is 1. The fourth-order valence-electron chi connectivity index (χ4n) is 2.93. The monoisotopic (exact) mass is 332 g/mol. The molecule has 1 aromatic rings. The number of benzene rings is 1. The first kappa shape index (κ1) is 18.0. The van der Waals surface area contributed by atoms with Crippen molar-refractivity contribution in [1.29, 1.82) is 0 Å². The van der Waals surface area contributed by atoms with Gasteiger partial charge in [-0.2, -0.15) is 0 Å². The summed E-state index contributed by atoms with van der Waals surface area (Å²) in [5, 5.41) is 10.2. The van der Waals surface area contributed by atoms with E-state index >= 15 is 0 Å². The Kier molecular flexibility index (Phi) is 5.62. The van der Waals surface area contributed by atoms with Gasteiger partial charge in [0.25, 0.3) is 5.91 Å². The normalized spacial score (nSPS) is 17.8. The number of ketones is 1. The summed E-state index contributed by atoms with van der Waals surface area (Å²) in [7, 11) is 5.50. The van der Waals surface area contributed by atoms with Gasteiger partial charge < -0.3 is 19.6 Å². The van der Waals surface area contributed by atoms with Crippen molar-refractivity contribution >= 4 is 11.7 Å². The van der Waals surface area contributed by atoms with Crippen LogP contribution in [0, 0.1) is 0 Å². The van der Waals surface area contributed by atoms with E-state index in [4.69, 9.17) is 4.74 Å². The number of carbonyl (C=O) groups excluding carboxylic acids is 2. The lowest BCUT2D eigenvalue weighted by Gasteiger charge is -2.27. The number of aliphatic hydroxyl groups excluding tert-OH is 1. The van der Waals surface area contributed by atoms with E-state index in [2.05, 4.69) is 0 Å². The van der Waals surface area contributed by atoms with Gasteiger partial charge in [0.1, 0.15) is 5.75 Å². The second-order valence-electron chi connectivity index (χ2n) is 6.15. The molecule has 0 radical (unpaired) electrons. The van der Waals surface area contributed by atoms with Crippen LogP contribution in [-0.4, -0.2) is 60.9 Å². The minimum atomic E-state index is -0.553. The third-order valence-corrected chi connectivity index (χ3v) is 4.12. The van der Waals surface area contributed by atoms with Crippen LogP contribution in [-0.2, 0) is 9.59 Å². The Labute approximate surface area is 142 Å². The molecule has 1 atom stereocenters. The van der Waals surface area contributed by atoms with Crippen LogP contribution >= 0.6 is 0 Å². The molecule has 1 aromatic carbocycles. The molecular formula is C18H24N2O4. The van der Waals surface area contributed by atoms with Gasteiger partial charge in [-0.05, 0) is 51.7 Å². The van der Waals surface area contributed by atoms with Crippen LogP contribution in [0.3, 0.4) is 0 Å². The Hall–Kier alpha value is -2.34. The quantitative estimate of drug-likeness (QED) is 0.826.